The Balaban J connectivity index is 1.39. The fourth-order valence-electron chi connectivity index (χ4n) is 2.67. The average Bonchev–Trinajstić information content (AvgIpc) is 3.47. The molecule has 7 heteroatoms. The van der Waals surface area contributed by atoms with Gasteiger partial charge in [0, 0.05) is 25.6 Å². The van der Waals surface area contributed by atoms with Crippen molar-refractivity contribution in [2.75, 3.05) is 26.2 Å². The molecule has 1 aromatic carbocycles. The van der Waals surface area contributed by atoms with E-state index in [9.17, 15) is 4.79 Å². The molecule has 1 saturated carbocycles. The summed E-state index contributed by atoms with van der Waals surface area (Å²) in [6, 6.07) is 8.09. The average molecular weight is 360 g/mol. The van der Waals surface area contributed by atoms with Crippen molar-refractivity contribution in [3.63, 3.8) is 0 Å². The van der Waals surface area contributed by atoms with Crippen LogP contribution in [0.4, 0.5) is 0 Å². The minimum Gasteiger partial charge on any atom is -0.486 e. The number of nitrogens with zero attached hydrogens (tertiary/aromatic N) is 1. The molecule has 3 rings (SSSR count). The summed E-state index contributed by atoms with van der Waals surface area (Å²) in [6.07, 6.45) is 3.46. The van der Waals surface area contributed by atoms with Crippen LogP contribution in [0.2, 0.25) is 0 Å². The highest BCUT2D eigenvalue weighted by Gasteiger charge is 2.23. The molecule has 1 atom stereocenters. The smallest absolute Gasteiger partial charge is 0.220 e. The monoisotopic (exact) mass is 360 g/mol. The number of hydrogen-bond donors (Lipinski definition) is 3. The standard InChI is InChI=1S/C19H28N4O3/c1-2-20-19(21-11-5-8-18(24)23-14-9-10-14)22-12-15-13-25-16-6-3-4-7-17(16)26-15/h3-4,6-7,14-15H,2,5,8-13H2,1H3,(H,23,24)(H2,20,21,22). The van der Waals surface area contributed by atoms with Gasteiger partial charge in [0.25, 0.3) is 0 Å². The van der Waals surface area contributed by atoms with Crippen LogP contribution < -0.4 is 25.4 Å². The molecule has 2 aliphatic rings. The van der Waals surface area contributed by atoms with Crippen molar-refractivity contribution in [2.24, 2.45) is 4.99 Å². The van der Waals surface area contributed by atoms with Gasteiger partial charge in [-0.05, 0) is 38.3 Å². The molecule has 0 radical (unpaired) electrons. The molecule has 0 bridgehead atoms. The van der Waals surface area contributed by atoms with E-state index in [0.717, 1.165) is 43.3 Å². The van der Waals surface area contributed by atoms with Crippen LogP contribution in [0.1, 0.15) is 32.6 Å². The predicted octanol–water partition coefficient (Wildman–Crippen LogP) is 1.44. The number of nitrogens with one attached hydrogen (secondary N) is 3. The van der Waals surface area contributed by atoms with Crippen LogP contribution in [0.25, 0.3) is 0 Å². The van der Waals surface area contributed by atoms with Crippen molar-refractivity contribution < 1.29 is 14.3 Å². The SMILES string of the molecule is CCNC(=NCC1COc2ccccc2O1)NCCCC(=O)NC1CC1. The molecule has 1 aliphatic heterocycles. The van der Waals surface area contributed by atoms with Crippen LogP contribution in [0.15, 0.2) is 29.3 Å². The molecular formula is C19H28N4O3. The maximum atomic E-state index is 11.7. The molecule has 142 valence electrons. The Morgan fingerprint density at radius 1 is 1.23 bits per heavy atom. The van der Waals surface area contributed by atoms with Crippen LogP contribution >= 0.6 is 0 Å². The van der Waals surface area contributed by atoms with E-state index in [2.05, 4.69) is 20.9 Å². The molecule has 1 unspecified atom stereocenters. The second kappa shape index (κ2) is 9.31. The van der Waals surface area contributed by atoms with E-state index < -0.39 is 0 Å². The third-order valence-corrected chi connectivity index (χ3v) is 4.18. The van der Waals surface area contributed by atoms with Gasteiger partial charge >= 0.3 is 0 Å². The normalized spacial score (nSPS) is 19.0. The second-order valence-corrected chi connectivity index (χ2v) is 6.59. The number of fused-ring (bicyclic) bond motifs is 1. The topological polar surface area (TPSA) is 84.0 Å². The van der Waals surface area contributed by atoms with Gasteiger partial charge < -0.3 is 25.4 Å². The van der Waals surface area contributed by atoms with Crippen molar-refractivity contribution in [3.8, 4) is 11.5 Å². The van der Waals surface area contributed by atoms with E-state index in [1.807, 2.05) is 31.2 Å². The number of carbonyl (C=O) groups excluding carboxylic acids is 1. The zero-order valence-electron chi connectivity index (χ0n) is 15.3. The van der Waals surface area contributed by atoms with Crippen molar-refractivity contribution in [2.45, 2.75) is 44.8 Å². The van der Waals surface area contributed by atoms with Crippen molar-refractivity contribution >= 4 is 11.9 Å². The Bertz CT molecular complexity index is 631. The van der Waals surface area contributed by atoms with Gasteiger partial charge in [0.2, 0.25) is 5.91 Å². The van der Waals surface area contributed by atoms with Crippen LogP contribution in [0.3, 0.4) is 0 Å². The van der Waals surface area contributed by atoms with Crippen molar-refractivity contribution in [3.05, 3.63) is 24.3 Å². The lowest BCUT2D eigenvalue weighted by atomic mass is 10.2. The molecule has 0 aromatic heterocycles. The fourth-order valence-corrected chi connectivity index (χ4v) is 2.67. The van der Waals surface area contributed by atoms with Crippen molar-refractivity contribution in [1.82, 2.24) is 16.0 Å². The molecule has 0 spiro atoms. The third-order valence-electron chi connectivity index (χ3n) is 4.18. The van der Waals surface area contributed by atoms with Crippen LogP contribution in [-0.2, 0) is 4.79 Å². The summed E-state index contributed by atoms with van der Waals surface area (Å²) in [6.45, 7) is 4.50. The minimum absolute atomic E-state index is 0.107. The molecule has 3 N–H and O–H groups in total. The molecule has 1 heterocycles. The molecule has 26 heavy (non-hydrogen) atoms. The zero-order valence-corrected chi connectivity index (χ0v) is 15.3. The summed E-state index contributed by atoms with van der Waals surface area (Å²) in [7, 11) is 0. The number of aliphatic imine (C=N–C) groups is 1. The summed E-state index contributed by atoms with van der Waals surface area (Å²) in [4.78, 5) is 16.3. The molecule has 7 nitrogen and oxygen atoms in total. The van der Waals surface area contributed by atoms with Gasteiger partial charge in [-0.1, -0.05) is 12.1 Å². The Kier molecular flexibility index (Phi) is 6.57. The zero-order chi connectivity index (χ0) is 18.2. The lowest BCUT2D eigenvalue weighted by molar-refractivity contribution is -0.121. The lowest BCUT2D eigenvalue weighted by Crippen LogP contribution is -2.40. The second-order valence-electron chi connectivity index (χ2n) is 6.59. The van der Waals surface area contributed by atoms with Crippen LogP contribution in [0.5, 0.6) is 11.5 Å². The summed E-state index contributed by atoms with van der Waals surface area (Å²) in [5.74, 6) is 2.42. The molecule has 1 amide bonds. The van der Waals surface area contributed by atoms with Crippen molar-refractivity contribution in [1.29, 1.82) is 0 Å². The fraction of sp³-hybridized carbons (Fsp3) is 0.579. The number of benzene rings is 1. The van der Waals surface area contributed by atoms with Gasteiger partial charge in [-0.15, -0.1) is 0 Å². The predicted molar refractivity (Wildman–Crippen MR) is 101 cm³/mol. The Morgan fingerprint density at radius 2 is 2.04 bits per heavy atom. The van der Waals surface area contributed by atoms with Gasteiger partial charge in [0.05, 0.1) is 6.54 Å². The summed E-state index contributed by atoms with van der Waals surface area (Å²) < 4.78 is 11.6. The summed E-state index contributed by atoms with van der Waals surface area (Å²) in [5.41, 5.74) is 0. The summed E-state index contributed by atoms with van der Waals surface area (Å²) in [5, 5.41) is 9.48. The Hall–Kier alpha value is -2.44. The first-order chi connectivity index (χ1) is 12.7. The number of rotatable bonds is 8. The van der Waals surface area contributed by atoms with Crippen LogP contribution in [-0.4, -0.2) is 50.3 Å². The van der Waals surface area contributed by atoms with Gasteiger partial charge in [0.15, 0.2) is 23.6 Å². The number of para-hydroxylation sites is 2. The number of guanidine groups is 1. The highest BCUT2D eigenvalue weighted by molar-refractivity contribution is 5.80. The van der Waals surface area contributed by atoms with Crippen LogP contribution in [0, 0.1) is 0 Å². The molecule has 0 saturated heterocycles. The Labute approximate surface area is 154 Å². The van der Waals surface area contributed by atoms with Gasteiger partial charge in [0.1, 0.15) is 6.61 Å². The number of carbonyl (C=O) groups is 1. The Morgan fingerprint density at radius 3 is 2.81 bits per heavy atom. The maximum absolute atomic E-state index is 11.7. The minimum atomic E-state index is -0.107. The highest BCUT2D eigenvalue weighted by atomic mass is 16.6. The van der Waals surface area contributed by atoms with Gasteiger partial charge in [-0.2, -0.15) is 0 Å². The molecular weight excluding hydrogens is 332 g/mol. The largest absolute Gasteiger partial charge is 0.486 e. The van der Waals surface area contributed by atoms with E-state index in [4.69, 9.17) is 9.47 Å². The number of hydrogen-bond acceptors (Lipinski definition) is 4. The lowest BCUT2D eigenvalue weighted by Gasteiger charge is -2.25. The first kappa shape index (κ1) is 18.4. The third kappa shape index (κ3) is 5.82. The van der Waals surface area contributed by atoms with E-state index in [0.29, 0.717) is 32.2 Å². The van der Waals surface area contributed by atoms with E-state index >= 15 is 0 Å². The molecule has 1 aliphatic carbocycles. The molecule has 1 fully saturated rings. The quantitative estimate of drug-likeness (QED) is 0.371. The first-order valence-electron chi connectivity index (χ1n) is 9.44. The van der Waals surface area contributed by atoms with Gasteiger partial charge in [-0.25, -0.2) is 4.99 Å². The highest BCUT2D eigenvalue weighted by Crippen LogP contribution is 2.30. The number of ether oxygens (including phenoxy) is 2. The molecule has 1 aromatic rings. The van der Waals surface area contributed by atoms with E-state index in [1.165, 1.54) is 0 Å². The van der Waals surface area contributed by atoms with E-state index in [1.54, 1.807) is 0 Å². The van der Waals surface area contributed by atoms with Gasteiger partial charge in [-0.3, -0.25) is 4.79 Å². The maximum Gasteiger partial charge on any atom is 0.220 e. The summed E-state index contributed by atoms with van der Waals surface area (Å²) >= 11 is 0. The first-order valence-corrected chi connectivity index (χ1v) is 9.44. The number of amides is 1. The van der Waals surface area contributed by atoms with E-state index in [-0.39, 0.29) is 12.0 Å².